The largest absolute Gasteiger partial charge is 0.493 e. The van der Waals surface area contributed by atoms with Gasteiger partial charge in [0.1, 0.15) is 18.8 Å². The standard InChI is InChI=1S/C24H29F3N2O7/c1-35-17-8-12(10-31)7-14-18-15(22(33)28-5-6-30)9-16(19(32)21(18)36-20(14)17)29(11-24(25,26)27)23(34)13-3-2-4-13/h7-9,13,16,18-19,21,30-32H,2-6,10-11H2,1H3,(H,28,33). The molecule has 4 unspecified atom stereocenters. The molecule has 4 rings (SSSR count). The number of hydrogen-bond donors (Lipinski definition) is 4. The summed E-state index contributed by atoms with van der Waals surface area (Å²) in [5.74, 6) is -2.48. The lowest BCUT2D eigenvalue weighted by atomic mass is 9.76. The third-order valence-corrected chi connectivity index (χ3v) is 6.94. The summed E-state index contributed by atoms with van der Waals surface area (Å²) in [6.07, 6.45) is -4.69. The predicted molar refractivity (Wildman–Crippen MR) is 119 cm³/mol. The van der Waals surface area contributed by atoms with Crippen molar-refractivity contribution in [1.82, 2.24) is 10.2 Å². The average Bonchev–Trinajstić information content (AvgIpc) is 3.19. The minimum absolute atomic E-state index is 0.00627. The molecule has 3 aliphatic rings. The van der Waals surface area contributed by atoms with Gasteiger partial charge in [-0.3, -0.25) is 9.59 Å². The van der Waals surface area contributed by atoms with Crippen LogP contribution in [0, 0.1) is 5.92 Å². The number of nitrogens with one attached hydrogen (secondary N) is 1. The first-order valence-corrected chi connectivity index (χ1v) is 11.7. The van der Waals surface area contributed by atoms with Gasteiger partial charge in [-0.1, -0.05) is 6.42 Å². The number of alkyl halides is 3. The van der Waals surface area contributed by atoms with Gasteiger partial charge in [0.15, 0.2) is 11.5 Å². The molecule has 2 aliphatic carbocycles. The first kappa shape index (κ1) is 26.2. The Hall–Kier alpha value is -2.83. The maximum absolute atomic E-state index is 13.5. The van der Waals surface area contributed by atoms with E-state index in [4.69, 9.17) is 14.6 Å². The van der Waals surface area contributed by atoms with Crippen molar-refractivity contribution in [2.75, 3.05) is 26.8 Å². The van der Waals surface area contributed by atoms with Gasteiger partial charge in [-0.25, -0.2) is 0 Å². The lowest BCUT2D eigenvalue weighted by Crippen LogP contribution is -2.58. The molecule has 4 N–H and O–H groups in total. The van der Waals surface area contributed by atoms with E-state index in [1.54, 1.807) is 6.07 Å². The Bertz CT molecular complexity index is 1040. The molecule has 0 radical (unpaired) electrons. The number of hydrogen-bond acceptors (Lipinski definition) is 7. The number of fused-ring (bicyclic) bond motifs is 3. The Kier molecular flexibility index (Phi) is 7.48. The first-order valence-electron chi connectivity index (χ1n) is 11.7. The van der Waals surface area contributed by atoms with E-state index in [1.165, 1.54) is 19.3 Å². The predicted octanol–water partition coefficient (Wildman–Crippen LogP) is 1.00. The number of aliphatic hydroxyl groups is 3. The van der Waals surface area contributed by atoms with Crippen molar-refractivity contribution in [2.24, 2.45) is 5.92 Å². The fraction of sp³-hybridized carbons (Fsp3) is 0.583. The number of aliphatic hydroxyl groups excluding tert-OH is 3. The molecule has 12 heteroatoms. The van der Waals surface area contributed by atoms with Crippen LogP contribution in [-0.4, -0.2) is 83.3 Å². The van der Waals surface area contributed by atoms with Crippen LogP contribution in [0.3, 0.4) is 0 Å². The van der Waals surface area contributed by atoms with Crippen LogP contribution in [0.1, 0.15) is 36.3 Å². The number of carbonyl (C=O) groups is 2. The van der Waals surface area contributed by atoms with Gasteiger partial charge in [0.2, 0.25) is 11.8 Å². The number of nitrogens with zero attached hydrogens (tertiary/aromatic N) is 1. The summed E-state index contributed by atoms with van der Waals surface area (Å²) in [4.78, 5) is 26.8. The minimum Gasteiger partial charge on any atom is -0.493 e. The second-order valence-electron chi connectivity index (χ2n) is 9.23. The van der Waals surface area contributed by atoms with Gasteiger partial charge < -0.3 is 35.0 Å². The van der Waals surface area contributed by atoms with Crippen molar-refractivity contribution in [2.45, 2.75) is 56.2 Å². The number of halogens is 3. The Morgan fingerprint density at radius 3 is 2.53 bits per heavy atom. The van der Waals surface area contributed by atoms with Crippen molar-refractivity contribution in [3.63, 3.8) is 0 Å². The Morgan fingerprint density at radius 2 is 1.97 bits per heavy atom. The lowest BCUT2D eigenvalue weighted by molar-refractivity contribution is -0.174. The van der Waals surface area contributed by atoms with Gasteiger partial charge in [0.25, 0.3) is 0 Å². The number of methoxy groups -OCH3 is 1. The number of rotatable bonds is 8. The zero-order chi connectivity index (χ0) is 26.2. The molecule has 1 heterocycles. The molecular weight excluding hydrogens is 485 g/mol. The highest BCUT2D eigenvalue weighted by atomic mass is 19.4. The molecule has 198 valence electrons. The number of ether oxygens (including phenoxy) is 2. The van der Waals surface area contributed by atoms with E-state index in [0.29, 0.717) is 28.9 Å². The molecule has 36 heavy (non-hydrogen) atoms. The van der Waals surface area contributed by atoms with Crippen molar-refractivity contribution < 1.29 is 47.6 Å². The topological polar surface area (TPSA) is 129 Å². The molecule has 1 aromatic carbocycles. The molecular formula is C24H29F3N2O7. The summed E-state index contributed by atoms with van der Waals surface area (Å²) in [7, 11) is 1.37. The molecule has 9 nitrogen and oxygen atoms in total. The van der Waals surface area contributed by atoms with Crippen molar-refractivity contribution in [3.05, 3.63) is 34.9 Å². The number of benzene rings is 1. The summed E-state index contributed by atoms with van der Waals surface area (Å²) < 4.78 is 52.0. The van der Waals surface area contributed by atoms with Crippen molar-refractivity contribution in [1.29, 1.82) is 0 Å². The fourth-order valence-corrected chi connectivity index (χ4v) is 5.03. The molecule has 4 atom stereocenters. The van der Waals surface area contributed by atoms with Crippen molar-refractivity contribution in [3.8, 4) is 11.5 Å². The van der Waals surface area contributed by atoms with E-state index in [9.17, 15) is 33.0 Å². The summed E-state index contributed by atoms with van der Waals surface area (Å²) in [6, 6.07) is 1.62. The van der Waals surface area contributed by atoms with E-state index in [-0.39, 0.29) is 36.8 Å². The quantitative estimate of drug-likeness (QED) is 0.408. The van der Waals surface area contributed by atoms with Crippen LogP contribution in [0.4, 0.5) is 13.2 Å². The molecule has 1 fully saturated rings. The maximum atomic E-state index is 13.5. The fourth-order valence-electron chi connectivity index (χ4n) is 5.03. The summed E-state index contributed by atoms with van der Waals surface area (Å²) in [5.41, 5.74) is 0.854. The third kappa shape index (κ3) is 4.89. The Labute approximate surface area is 205 Å². The molecule has 1 aromatic rings. The van der Waals surface area contributed by atoms with E-state index in [0.717, 1.165) is 6.42 Å². The average molecular weight is 514 g/mol. The highest BCUT2D eigenvalue weighted by molar-refractivity contribution is 5.96. The third-order valence-electron chi connectivity index (χ3n) is 6.94. The van der Waals surface area contributed by atoms with Crippen LogP contribution in [0.2, 0.25) is 0 Å². The van der Waals surface area contributed by atoms with Crippen LogP contribution in [0.5, 0.6) is 11.5 Å². The van der Waals surface area contributed by atoms with E-state index in [2.05, 4.69) is 5.32 Å². The second kappa shape index (κ2) is 10.3. The number of carbonyl (C=O) groups excluding carboxylic acids is 2. The van der Waals surface area contributed by atoms with Gasteiger partial charge in [0, 0.05) is 23.6 Å². The van der Waals surface area contributed by atoms with Crippen molar-refractivity contribution >= 4 is 11.8 Å². The summed E-state index contributed by atoms with van der Waals surface area (Å²) >= 11 is 0. The van der Waals surface area contributed by atoms with E-state index < -0.39 is 54.6 Å². The molecule has 0 spiro atoms. The van der Waals surface area contributed by atoms with Gasteiger partial charge in [0.05, 0.1) is 32.3 Å². The second-order valence-corrected chi connectivity index (χ2v) is 9.23. The van der Waals surface area contributed by atoms with Gasteiger partial charge >= 0.3 is 6.18 Å². The van der Waals surface area contributed by atoms with Crippen LogP contribution in [0.25, 0.3) is 0 Å². The smallest absolute Gasteiger partial charge is 0.406 e. The highest BCUT2D eigenvalue weighted by Gasteiger charge is 2.53. The van der Waals surface area contributed by atoms with Gasteiger partial charge in [-0.05, 0) is 36.6 Å². The van der Waals surface area contributed by atoms with E-state index in [1.807, 2.05) is 0 Å². The van der Waals surface area contributed by atoms with Crippen LogP contribution in [-0.2, 0) is 16.2 Å². The van der Waals surface area contributed by atoms with Gasteiger partial charge in [-0.2, -0.15) is 13.2 Å². The molecule has 0 saturated heterocycles. The first-order chi connectivity index (χ1) is 17.1. The zero-order valence-corrected chi connectivity index (χ0v) is 19.6. The van der Waals surface area contributed by atoms with Crippen LogP contribution < -0.4 is 14.8 Å². The normalized spacial score (nSPS) is 25.1. The zero-order valence-electron chi connectivity index (χ0n) is 19.6. The van der Waals surface area contributed by atoms with Crippen LogP contribution in [0.15, 0.2) is 23.8 Å². The molecule has 0 bridgehead atoms. The molecule has 1 aliphatic heterocycles. The molecule has 1 saturated carbocycles. The summed E-state index contributed by atoms with van der Waals surface area (Å²) in [6.45, 7) is -2.41. The van der Waals surface area contributed by atoms with E-state index >= 15 is 0 Å². The lowest BCUT2D eigenvalue weighted by Gasteiger charge is -2.42. The monoisotopic (exact) mass is 514 g/mol. The number of amides is 2. The van der Waals surface area contributed by atoms with Gasteiger partial charge in [-0.15, -0.1) is 0 Å². The Balaban J connectivity index is 1.81. The Morgan fingerprint density at radius 1 is 1.25 bits per heavy atom. The minimum atomic E-state index is -4.73. The maximum Gasteiger partial charge on any atom is 0.406 e. The SMILES string of the molecule is COc1cc(CO)cc2c1OC1C2C(C(=O)NCCO)=CC(N(CC(F)(F)F)C(=O)C2CCC2)C1O. The van der Waals surface area contributed by atoms with Crippen LogP contribution >= 0.6 is 0 Å². The molecule has 2 amide bonds. The highest BCUT2D eigenvalue weighted by Crippen LogP contribution is 2.51. The summed E-state index contributed by atoms with van der Waals surface area (Å²) in [5, 5.41) is 32.6. The molecule has 0 aromatic heterocycles.